The van der Waals surface area contributed by atoms with Gasteiger partial charge >= 0.3 is 0 Å². The fraction of sp³-hybridized carbons (Fsp3) is 0.333. The lowest BCUT2D eigenvalue weighted by Gasteiger charge is -2.33. The van der Waals surface area contributed by atoms with Crippen molar-refractivity contribution in [3.63, 3.8) is 0 Å². The van der Waals surface area contributed by atoms with Crippen LogP contribution in [0, 0.1) is 5.82 Å². The van der Waals surface area contributed by atoms with Crippen molar-refractivity contribution >= 4 is 21.6 Å². The Labute approximate surface area is 158 Å². The first-order valence-corrected chi connectivity index (χ1v) is 10.1. The Morgan fingerprint density at radius 3 is 2.38 bits per heavy atom. The minimum absolute atomic E-state index is 0.254. The number of benzene rings is 2. The summed E-state index contributed by atoms with van der Waals surface area (Å²) in [7, 11) is -3.50. The predicted molar refractivity (Wildman–Crippen MR) is 98.5 cm³/mol. The van der Waals surface area contributed by atoms with Crippen LogP contribution in [0.15, 0.2) is 53.4 Å². The molecule has 3 rings (SSSR count). The smallest absolute Gasteiger partial charge is 0.243 e. The van der Waals surface area contributed by atoms with E-state index in [1.807, 2.05) is 0 Å². The fourth-order valence-corrected chi connectivity index (χ4v) is 4.35. The summed E-state index contributed by atoms with van der Waals surface area (Å²) in [5.41, 5.74) is 0. The fourth-order valence-electron chi connectivity index (χ4n) is 2.80. The summed E-state index contributed by atoms with van der Waals surface area (Å²) in [6, 6.07) is 12.2. The number of nitrogens with zero attached hydrogens (tertiary/aromatic N) is 2. The van der Waals surface area contributed by atoms with Crippen molar-refractivity contribution in [2.45, 2.75) is 4.90 Å². The molecule has 0 saturated carbocycles. The lowest BCUT2D eigenvalue weighted by Crippen LogP contribution is -2.49. The highest BCUT2D eigenvalue weighted by molar-refractivity contribution is 7.89. The largest absolute Gasteiger partial charge is 0.492 e. The lowest BCUT2D eigenvalue weighted by molar-refractivity contribution is 0.158. The lowest BCUT2D eigenvalue weighted by atomic mass is 10.3. The van der Waals surface area contributed by atoms with Gasteiger partial charge < -0.3 is 4.74 Å². The molecule has 2 aromatic carbocycles. The SMILES string of the molecule is O=S(=O)(c1ccc(Cl)cc1)N1CCN(CCOc2cccc(F)c2)CC1. The zero-order chi connectivity index (χ0) is 18.6. The summed E-state index contributed by atoms with van der Waals surface area (Å²) >= 11 is 5.82. The van der Waals surface area contributed by atoms with Gasteiger partial charge in [0.1, 0.15) is 18.2 Å². The van der Waals surface area contributed by atoms with Gasteiger partial charge in [-0.05, 0) is 36.4 Å². The second kappa shape index (κ2) is 8.35. The van der Waals surface area contributed by atoms with E-state index in [0.29, 0.717) is 50.1 Å². The van der Waals surface area contributed by atoms with Gasteiger partial charge in [-0.15, -0.1) is 0 Å². The highest BCUT2D eigenvalue weighted by Crippen LogP contribution is 2.20. The van der Waals surface area contributed by atoms with Gasteiger partial charge in [-0.1, -0.05) is 17.7 Å². The van der Waals surface area contributed by atoms with Gasteiger partial charge in [0.15, 0.2) is 0 Å². The maximum atomic E-state index is 13.1. The molecule has 1 saturated heterocycles. The number of hydrogen-bond acceptors (Lipinski definition) is 4. The first kappa shape index (κ1) is 19.1. The Balaban J connectivity index is 1.48. The summed E-state index contributed by atoms with van der Waals surface area (Å²) < 4.78 is 45.4. The van der Waals surface area contributed by atoms with E-state index >= 15 is 0 Å². The zero-order valence-electron chi connectivity index (χ0n) is 14.1. The second-order valence-corrected chi connectivity index (χ2v) is 8.38. The number of halogens is 2. The molecule has 0 spiro atoms. The van der Waals surface area contributed by atoms with Crippen LogP contribution in [0.1, 0.15) is 0 Å². The first-order chi connectivity index (χ1) is 12.4. The summed E-state index contributed by atoms with van der Waals surface area (Å²) in [5.74, 6) is 0.164. The summed E-state index contributed by atoms with van der Waals surface area (Å²) in [6.07, 6.45) is 0. The molecule has 26 heavy (non-hydrogen) atoms. The van der Waals surface area contributed by atoms with Crippen LogP contribution in [-0.2, 0) is 10.0 Å². The number of ether oxygens (including phenoxy) is 1. The van der Waals surface area contributed by atoms with Crippen LogP contribution in [-0.4, -0.2) is 57.0 Å². The zero-order valence-corrected chi connectivity index (χ0v) is 15.7. The van der Waals surface area contributed by atoms with E-state index in [2.05, 4.69) is 4.90 Å². The van der Waals surface area contributed by atoms with Gasteiger partial charge in [0.05, 0.1) is 4.90 Å². The third-order valence-electron chi connectivity index (χ3n) is 4.25. The molecule has 0 amide bonds. The number of rotatable bonds is 6. The Hall–Kier alpha value is -1.67. The van der Waals surface area contributed by atoms with Crippen molar-refractivity contribution in [1.29, 1.82) is 0 Å². The summed E-state index contributed by atoms with van der Waals surface area (Å²) in [4.78, 5) is 2.39. The standard InChI is InChI=1S/C18H20ClFN2O3S/c19-15-4-6-18(7-5-15)26(23,24)22-10-8-21(9-11-22)12-13-25-17-3-1-2-16(20)14-17/h1-7,14H,8-13H2. The van der Waals surface area contributed by atoms with Gasteiger partial charge in [0, 0.05) is 43.8 Å². The van der Waals surface area contributed by atoms with E-state index in [4.69, 9.17) is 16.3 Å². The van der Waals surface area contributed by atoms with E-state index in [9.17, 15) is 12.8 Å². The number of piperazine rings is 1. The average Bonchev–Trinajstić information content (AvgIpc) is 2.63. The van der Waals surface area contributed by atoms with Crippen molar-refractivity contribution in [2.24, 2.45) is 0 Å². The molecule has 1 aliphatic heterocycles. The topological polar surface area (TPSA) is 49.9 Å². The molecular formula is C18H20ClFN2O3S. The van der Waals surface area contributed by atoms with Gasteiger partial charge in [-0.3, -0.25) is 4.90 Å². The molecule has 1 heterocycles. The molecule has 1 aliphatic rings. The molecule has 140 valence electrons. The van der Waals surface area contributed by atoms with Gasteiger partial charge in [-0.2, -0.15) is 4.31 Å². The van der Waals surface area contributed by atoms with Crippen LogP contribution >= 0.6 is 11.6 Å². The van der Waals surface area contributed by atoms with E-state index in [-0.39, 0.29) is 10.7 Å². The van der Waals surface area contributed by atoms with Crippen LogP contribution in [0.4, 0.5) is 4.39 Å². The Morgan fingerprint density at radius 2 is 1.73 bits per heavy atom. The first-order valence-electron chi connectivity index (χ1n) is 8.31. The molecule has 2 aromatic rings. The Bertz CT molecular complexity index is 838. The molecule has 0 atom stereocenters. The van der Waals surface area contributed by atoms with Crippen molar-refractivity contribution in [1.82, 2.24) is 9.21 Å². The molecule has 1 fully saturated rings. The highest BCUT2D eigenvalue weighted by atomic mass is 35.5. The molecule has 8 heteroatoms. The molecule has 0 radical (unpaired) electrons. The molecule has 0 N–H and O–H groups in total. The van der Waals surface area contributed by atoms with Crippen LogP contribution in [0.2, 0.25) is 5.02 Å². The molecule has 0 bridgehead atoms. The summed E-state index contributed by atoms with van der Waals surface area (Å²) in [6.45, 7) is 3.17. The quantitative estimate of drug-likeness (QED) is 0.750. The van der Waals surface area contributed by atoms with Crippen molar-refractivity contribution < 1.29 is 17.5 Å². The van der Waals surface area contributed by atoms with E-state index in [1.54, 1.807) is 24.3 Å². The number of sulfonamides is 1. The minimum Gasteiger partial charge on any atom is -0.492 e. The van der Waals surface area contributed by atoms with E-state index < -0.39 is 10.0 Å². The van der Waals surface area contributed by atoms with Crippen molar-refractivity contribution in [2.75, 3.05) is 39.3 Å². The third-order valence-corrected chi connectivity index (χ3v) is 6.42. The summed E-state index contributed by atoms with van der Waals surface area (Å²) in [5, 5.41) is 0.507. The third kappa shape index (κ3) is 4.73. The van der Waals surface area contributed by atoms with Gasteiger partial charge in [0.25, 0.3) is 0 Å². The predicted octanol–water partition coefficient (Wildman–Crippen LogP) is 2.86. The van der Waals surface area contributed by atoms with Gasteiger partial charge in [-0.25, -0.2) is 12.8 Å². The van der Waals surface area contributed by atoms with Crippen LogP contribution < -0.4 is 4.74 Å². The molecule has 0 aliphatic carbocycles. The molecular weight excluding hydrogens is 379 g/mol. The molecule has 5 nitrogen and oxygen atoms in total. The highest BCUT2D eigenvalue weighted by Gasteiger charge is 2.28. The minimum atomic E-state index is -3.50. The normalized spacial score (nSPS) is 16.5. The second-order valence-electron chi connectivity index (χ2n) is 6.01. The van der Waals surface area contributed by atoms with Crippen molar-refractivity contribution in [3.8, 4) is 5.75 Å². The maximum absolute atomic E-state index is 13.1. The van der Waals surface area contributed by atoms with E-state index in [1.165, 1.54) is 28.6 Å². The Kier molecular flexibility index (Phi) is 6.13. The molecule has 0 unspecified atom stereocenters. The monoisotopic (exact) mass is 398 g/mol. The number of hydrogen-bond donors (Lipinski definition) is 0. The van der Waals surface area contributed by atoms with Gasteiger partial charge in [0.2, 0.25) is 10.0 Å². The maximum Gasteiger partial charge on any atom is 0.243 e. The molecule has 0 aromatic heterocycles. The van der Waals surface area contributed by atoms with E-state index in [0.717, 1.165) is 0 Å². The Morgan fingerprint density at radius 1 is 1.04 bits per heavy atom. The van der Waals surface area contributed by atoms with Crippen LogP contribution in [0.5, 0.6) is 5.75 Å². The average molecular weight is 399 g/mol. The van der Waals surface area contributed by atoms with Crippen LogP contribution in [0.3, 0.4) is 0 Å². The van der Waals surface area contributed by atoms with Crippen LogP contribution in [0.25, 0.3) is 0 Å². The van der Waals surface area contributed by atoms with Crippen molar-refractivity contribution in [3.05, 3.63) is 59.4 Å².